The Bertz CT molecular complexity index is 592. The summed E-state index contributed by atoms with van der Waals surface area (Å²) >= 11 is 0. The molecule has 16 heavy (non-hydrogen) atoms. The summed E-state index contributed by atoms with van der Waals surface area (Å²) in [5, 5.41) is 23.7. The van der Waals surface area contributed by atoms with Gasteiger partial charge in [-0.3, -0.25) is 10.1 Å². The van der Waals surface area contributed by atoms with Gasteiger partial charge in [0.05, 0.1) is 10.1 Å². The topological polar surface area (TPSA) is 92.5 Å². The molecule has 1 heterocycles. The van der Waals surface area contributed by atoms with Crippen molar-refractivity contribution in [3.05, 3.63) is 38.2 Å². The van der Waals surface area contributed by atoms with Gasteiger partial charge in [0.25, 0.3) is 5.69 Å². The van der Waals surface area contributed by atoms with Gasteiger partial charge in [0, 0.05) is 18.0 Å². The van der Waals surface area contributed by atoms with E-state index in [9.17, 15) is 14.9 Å². The molecule has 1 aliphatic heterocycles. The van der Waals surface area contributed by atoms with Crippen LogP contribution in [0.4, 0.5) is 5.69 Å². The van der Waals surface area contributed by atoms with Gasteiger partial charge >= 0.3 is 5.97 Å². The first-order chi connectivity index (χ1) is 7.61. The Kier molecular flexibility index (Phi) is 2.32. The number of aromatic carboxylic acids is 1. The van der Waals surface area contributed by atoms with Crippen molar-refractivity contribution in [2.24, 2.45) is 0 Å². The molecule has 0 unspecified atom stereocenters. The van der Waals surface area contributed by atoms with Crippen molar-refractivity contribution in [3.63, 3.8) is 0 Å². The van der Waals surface area contributed by atoms with Crippen LogP contribution in [0.1, 0.15) is 10.4 Å². The lowest BCUT2D eigenvalue weighted by molar-refractivity contribution is -0.386. The van der Waals surface area contributed by atoms with E-state index < -0.39 is 10.9 Å². The first kappa shape index (κ1) is 10.2. The number of benzene rings is 1. The molecule has 0 bridgehead atoms. The highest BCUT2D eigenvalue weighted by Crippen LogP contribution is 2.11. The minimum Gasteiger partial charge on any atom is -0.477 e. The van der Waals surface area contributed by atoms with Crippen molar-refractivity contribution >= 4 is 23.9 Å². The summed E-state index contributed by atoms with van der Waals surface area (Å²) < 4.78 is 0. The maximum absolute atomic E-state index is 10.9. The van der Waals surface area contributed by atoms with E-state index in [1.54, 1.807) is 18.3 Å². The van der Waals surface area contributed by atoms with E-state index in [-0.39, 0.29) is 11.3 Å². The van der Waals surface area contributed by atoms with Crippen molar-refractivity contribution < 1.29 is 14.8 Å². The molecule has 6 heteroatoms. The molecule has 1 aromatic carbocycles. The molecule has 0 atom stereocenters. The van der Waals surface area contributed by atoms with Crippen LogP contribution < -0.4 is 15.8 Å². The average molecular weight is 220 g/mol. The molecule has 0 aliphatic carbocycles. The Balaban J connectivity index is 2.89. The predicted octanol–water partition coefficient (Wildman–Crippen LogP) is -0.585. The lowest BCUT2D eigenvalue weighted by Gasteiger charge is -2.05. The third kappa shape index (κ3) is 1.50. The quantitative estimate of drug-likeness (QED) is 0.513. The molecule has 2 N–H and O–H groups in total. The van der Waals surface area contributed by atoms with Crippen molar-refractivity contribution in [1.29, 1.82) is 0 Å². The summed E-state index contributed by atoms with van der Waals surface area (Å²) in [5.41, 5.74) is -0.627. The number of nitrogens with one attached hydrogen (secondary N) is 1. The van der Waals surface area contributed by atoms with Crippen LogP contribution in [0.2, 0.25) is 0 Å². The van der Waals surface area contributed by atoms with E-state index in [1.165, 1.54) is 6.07 Å². The molecule has 2 rings (SSSR count). The van der Waals surface area contributed by atoms with Crippen LogP contribution in [0, 0.1) is 10.1 Å². The third-order valence-corrected chi connectivity index (χ3v) is 2.35. The van der Waals surface area contributed by atoms with Gasteiger partial charge in [0.1, 0.15) is 5.56 Å². The SMILES string of the molecule is O=C(O)c1ccc2c(c1[N+](=O)[O-])=CCNC=2. The number of fused-ring (bicyclic) bond motifs is 1. The Morgan fingerprint density at radius 1 is 1.50 bits per heavy atom. The largest absolute Gasteiger partial charge is 0.477 e. The van der Waals surface area contributed by atoms with Gasteiger partial charge in [-0.2, -0.15) is 0 Å². The van der Waals surface area contributed by atoms with Crippen molar-refractivity contribution in [2.45, 2.75) is 0 Å². The predicted molar refractivity (Wildman–Crippen MR) is 56.2 cm³/mol. The molecule has 0 amide bonds. The van der Waals surface area contributed by atoms with Gasteiger partial charge in [-0.05, 0) is 6.07 Å². The molecule has 0 aromatic heterocycles. The smallest absolute Gasteiger partial charge is 0.342 e. The van der Waals surface area contributed by atoms with Gasteiger partial charge in [0.2, 0.25) is 0 Å². The standard InChI is InChI=1S/C10H8N2O4/c13-10(14)8-2-1-6-5-11-4-3-7(6)9(8)12(15)16/h1-3,5,11H,4H2,(H,13,14). The second-order valence-corrected chi connectivity index (χ2v) is 3.28. The molecule has 6 nitrogen and oxygen atoms in total. The van der Waals surface area contributed by atoms with E-state index in [0.717, 1.165) is 0 Å². The van der Waals surface area contributed by atoms with Gasteiger partial charge in [-0.15, -0.1) is 0 Å². The Hall–Kier alpha value is -2.37. The number of rotatable bonds is 2. The Labute approximate surface area is 89.7 Å². The zero-order valence-corrected chi connectivity index (χ0v) is 8.14. The summed E-state index contributed by atoms with van der Waals surface area (Å²) in [6.45, 7) is 0.455. The maximum atomic E-state index is 10.9. The lowest BCUT2D eigenvalue weighted by atomic mass is 10.1. The maximum Gasteiger partial charge on any atom is 0.342 e. The molecule has 0 spiro atoms. The molecule has 0 saturated carbocycles. The van der Waals surface area contributed by atoms with E-state index in [2.05, 4.69) is 5.32 Å². The second-order valence-electron chi connectivity index (χ2n) is 3.28. The van der Waals surface area contributed by atoms with Crippen LogP contribution in [0.25, 0.3) is 12.3 Å². The molecule has 82 valence electrons. The van der Waals surface area contributed by atoms with E-state index in [1.807, 2.05) is 0 Å². The first-order valence-corrected chi connectivity index (χ1v) is 4.55. The van der Waals surface area contributed by atoms with Gasteiger partial charge in [-0.25, -0.2) is 4.79 Å². The zero-order valence-electron chi connectivity index (χ0n) is 8.14. The van der Waals surface area contributed by atoms with Crippen molar-refractivity contribution in [1.82, 2.24) is 5.32 Å². The van der Waals surface area contributed by atoms with E-state index in [0.29, 0.717) is 17.0 Å². The minimum absolute atomic E-state index is 0.282. The van der Waals surface area contributed by atoms with Gasteiger partial charge in [0.15, 0.2) is 0 Å². The van der Waals surface area contributed by atoms with Gasteiger partial charge < -0.3 is 10.4 Å². The molecular weight excluding hydrogens is 212 g/mol. The average Bonchev–Trinajstić information content (AvgIpc) is 2.27. The Morgan fingerprint density at radius 2 is 2.25 bits per heavy atom. The highest BCUT2D eigenvalue weighted by atomic mass is 16.6. The molecule has 0 saturated heterocycles. The lowest BCUT2D eigenvalue weighted by Crippen LogP contribution is -2.35. The number of carboxylic acids is 1. The second kappa shape index (κ2) is 3.65. The monoisotopic (exact) mass is 220 g/mol. The number of nitrogens with zero attached hydrogens (tertiary/aromatic N) is 1. The van der Waals surface area contributed by atoms with E-state index >= 15 is 0 Å². The fourth-order valence-electron chi connectivity index (χ4n) is 1.66. The van der Waals surface area contributed by atoms with Crippen LogP contribution >= 0.6 is 0 Å². The highest BCUT2D eigenvalue weighted by molar-refractivity contribution is 5.92. The van der Waals surface area contributed by atoms with Crippen molar-refractivity contribution in [2.75, 3.05) is 6.54 Å². The summed E-state index contributed by atoms with van der Waals surface area (Å²) in [6.07, 6.45) is 3.24. The fraction of sp³-hybridized carbons (Fsp3) is 0.100. The number of carboxylic acid groups (broad SMARTS) is 1. The van der Waals surface area contributed by atoms with E-state index in [4.69, 9.17) is 5.11 Å². The number of hydrogen-bond acceptors (Lipinski definition) is 4. The fourth-order valence-corrected chi connectivity index (χ4v) is 1.66. The molecular formula is C10H8N2O4. The summed E-state index contributed by atoms with van der Waals surface area (Å²) in [7, 11) is 0. The molecule has 1 aromatic rings. The molecule has 0 fully saturated rings. The highest BCUT2D eigenvalue weighted by Gasteiger charge is 2.21. The summed E-state index contributed by atoms with van der Waals surface area (Å²) in [6, 6.07) is 2.80. The van der Waals surface area contributed by atoms with Crippen LogP contribution in [0.15, 0.2) is 12.1 Å². The van der Waals surface area contributed by atoms with Crippen LogP contribution in [-0.2, 0) is 0 Å². The van der Waals surface area contributed by atoms with Crippen LogP contribution in [-0.4, -0.2) is 22.5 Å². The number of hydrogen-bond donors (Lipinski definition) is 2. The van der Waals surface area contributed by atoms with Crippen LogP contribution in [0.3, 0.4) is 0 Å². The first-order valence-electron chi connectivity index (χ1n) is 4.55. The summed E-state index contributed by atoms with van der Waals surface area (Å²) in [5.74, 6) is -1.29. The number of carbonyl (C=O) groups is 1. The number of nitro benzene ring substituents is 1. The Morgan fingerprint density at radius 3 is 2.88 bits per heavy atom. The van der Waals surface area contributed by atoms with Gasteiger partial charge in [-0.1, -0.05) is 12.1 Å². The molecule has 0 radical (unpaired) electrons. The minimum atomic E-state index is -1.29. The zero-order chi connectivity index (χ0) is 11.7. The summed E-state index contributed by atoms with van der Waals surface area (Å²) in [4.78, 5) is 21.1. The number of nitro groups is 1. The van der Waals surface area contributed by atoms with Crippen molar-refractivity contribution in [3.8, 4) is 0 Å². The third-order valence-electron chi connectivity index (χ3n) is 2.35. The molecule has 1 aliphatic rings. The normalized spacial score (nSPS) is 12.8. The van der Waals surface area contributed by atoms with Crippen LogP contribution in [0.5, 0.6) is 0 Å².